The summed E-state index contributed by atoms with van der Waals surface area (Å²) >= 11 is 5.95. The number of rotatable bonds is 2. The summed E-state index contributed by atoms with van der Waals surface area (Å²) in [6.07, 6.45) is 4.58. The zero-order chi connectivity index (χ0) is 14.9. The number of halogens is 1. The minimum Gasteiger partial charge on any atom is -0.351 e. The van der Waals surface area contributed by atoms with E-state index in [0.717, 1.165) is 35.1 Å². The number of piperidine rings is 1. The summed E-state index contributed by atoms with van der Waals surface area (Å²) in [6, 6.07) is 12.9. The number of nitrogens with zero attached hydrogens (tertiary/aromatic N) is 3. The van der Waals surface area contributed by atoms with Crippen LogP contribution in [0.15, 0.2) is 42.6 Å². The molecule has 2 aromatic rings. The van der Waals surface area contributed by atoms with Crippen molar-refractivity contribution in [2.24, 2.45) is 0 Å². The summed E-state index contributed by atoms with van der Waals surface area (Å²) in [5.74, 6) is 1.12. The van der Waals surface area contributed by atoms with Crippen molar-refractivity contribution < 1.29 is 0 Å². The van der Waals surface area contributed by atoms with E-state index in [4.69, 9.17) is 16.6 Å². The third-order valence-electron chi connectivity index (χ3n) is 4.80. The SMILES string of the molecule is Clc1ccc(-c2ccc(N3CCN4CCCC3C4)nc2)cc1. The van der Waals surface area contributed by atoms with Gasteiger partial charge in [-0.1, -0.05) is 23.7 Å². The van der Waals surface area contributed by atoms with Crippen LogP contribution in [0.4, 0.5) is 5.82 Å². The Hall–Kier alpha value is -1.58. The minimum absolute atomic E-state index is 0.636. The Morgan fingerprint density at radius 3 is 2.55 bits per heavy atom. The Balaban J connectivity index is 1.55. The van der Waals surface area contributed by atoms with Crippen LogP contribution in [0.1, 0.15) is 12.8 Å². The van der Waals surface area contributed by atoms with Crippen LogP contribution in [0.5, 0.6) is 0 Å². The maximum Gasteiger partial charge on any atom is 0.128 e. The van der Waals surface area contributed by atoms with Crippen molar-refractivity contribution in [3.8, 4) is 11.1 Å². The summed E-state index contributed by atoms with van der Waals surface area (Å²) in [7, 11) is 0. The molecule has 114 valence electrons. The van der Waals surface area contributed by atoms with Gasteiger partial charge in [-0.05, 0) is 49.2 Å². The van der Waals surface area contributed by atoms with Crippen molar-refractivity contribution in [3.63, 3.8) is 0 Å². The quantitative estimate of drug-likeness (QED) is 0.843. The second kappa shape index (κ2) is 5.90. The first-order valence-electron chi connectivity index (χ1n) is 8.00. The highest BCUT2D eigenvalue weighted by atomic mass is 35.5. The number of pyridine rings is 1. The molecule has 2 aliphatic heterocycles. The number of piperazine rings is 1. The van der Waals surface area contributed by atoms with E-state index in [2.05, 4.69) is 21.9 Å². The molecule has 2 unspecified atom stereocenters. The standard InChI is InChI=1S/C18H20ClN3/c19-16-6-3-14(4-7-16)15-5-8-18(20-12-15)22-11-10-21-9-1-2-17(22)13-21/h3-8,12,17H,1-2,9-11,13H2. The van der Waals surface area contributed by atoms with Gasteiger partial charge in [-0.3, -0.25) is 4.90 Å². The van der Waals surface area contributed by atoms with Gasteiger partial charge >= 0.3 is 0 Å². The number of anilines is 1. The zero-order valence-electron chi connectivity index (χ0n) is 12.6. The van der Waals surface area contributed by atoms with Crippen LogP contribution in [0.25, 0.3) is 11.1 Å². The van der Waals surface area contributed by atoms with Crippen molar-refractivity contribution in [1.82, 2.24) is 9.88 Å². The highest BCUT2D eigenvalue weighted by Gasteiger charge is 2.30. The van der Waals surface area contributed by atoms with Crippen molar-refractivity contribution in [2.75, 3.05) is 31.1 Å². The summed E-state index contributed by atoms with van der Waals surface area (Å²) in [6.45, 7) is 4.73. The molecule has 0 radical (unpaired) electrons. The first-order chi connectivity index (χ1) is 10.8. The van der Waals surface area contributed by atoms with E-state index in [1.54, 1.807) is 0 Å². The maximum atomic E-state index is 5.95. The molecule has 4 rings (SSSR count). The average molecular weight is 314 g/mol. The highest BCUT2D eigenvalue weighted by Crippen LogP contribution is 2.27. The van der Waals surface area contributed by atoms with E-state index in [-0.39, 0.29) is 0 Å². The Bertz CT molecular complexity index is 638. The lowest BCUT2D eigenvalue weighted by atomic mass is 10.0. The molecule has 1 aromatic carbocycles. The fourth-order valence-electron chi connectivity index (χ4n) is 3.59. The van der Waals surface area contributed by atoms with Gasteiger partial charge in [-0.2, -0.15) is 0 Å². The summed E-state index contributed by atoms with van der Waals surface area (Å²) in [4.78, 5) is 9.79. The molecule has 2 atom stereocenters. The number of benzene rings is 1. The molecule has 2 fully saturated rings. The predicted molar refractivity (Wildman–Crippen MR) is 91.5 cm³/mol. The number of fused-ring (bicyclic) bond motifs is 2. The van der Waals surface area contributed by atoms with Crippen LogP contribution in [-0.4, -0.2) is 42.1 Å². The summed E-state index contributed by atoms with van der Waals surface area (Å²) < 4.78 is 0. The van der Waals surface area contributed by atoms with E-state index in [1.165, 1.54) is 25.9 Å². The molecule has 22 heavy (non-hydrogen) atoms. The van der Waals surface area contributed by atoms with Crippen LogP contribution in [0.3, 0.4) is 0 Å². The second-order valence-corrected chi connectivity index (χ2v) is 6.64. The lowest BCUT2D eigenvalue weighted by molar-refractivity contribution is 0.174. The normalized spacial score (nSPS) is 24.3. The van der Waals surface area contributed by atoms with Crippen molar-refractivity contribution in [1.29, 1.82) is 0 Å². The van der Waals surface area contributed by atoms with Crippen LogP contribution < -0.4 is 4.90 Å². The molecule has 3 heterocycles. The van der Waals surface area contributed by atoms with Gasteiger partial charge in [0.2, 0.25) is 0 Å². The van der Waals surface area contributed by atoms with Gasteiger partial charge in [0, 0.05) is 42.5 Å². The van der Waals surface area contributed by atoms with Crippen LogP contribution >= 0.6 is 11.6 Å². The number of hydrogen-bond donors (Lipinski definition) is 0. The second-order valence-electron chi connectivity index (χ2n) is 6.20. The maximum absolute atomic E-state index is 5.95. The molecule has 0 saturated carbocycles. The molecular formula is C18H20ClN3. The topological polar surface area (TPSA) is 19.4 Å². The van der Waals surface area contributed by atoms with Crippen molar-refractivity contribution >= 4 is 17.4 Å². The monoisotopic (exact) mass is 313 g/mol. The lowest BCUT2D eigenvalue weighted by Gasteiger charge is -2.45. The van der Waals surface area contributed by atoms with Gasteiger partial charge in [0.1, 0.15) is 5.82 Å². The molecule has 2 saturated heterocycles. The van der Waals surface area contributed by atoms with Gasteiger partial charge in [-0.15, -0.1) is 0 Å². The van der Waals surface area contributed by atoms with Crippen molar-refractivity contribution in [3.05, 3.63) is 47.6 Å². The summed E-state index contributed by atoms with van der Waals surface area (Å²) in [5.41, 5.74) is 2.30. The molecule has 0 N–H and O–H groups in total. The van der Waals surface area contributed by atoms with Gasteiger partial charge in [0.05, 0.1) is 0 Å². The largest absolute Gasteiger partial charge is 0.351 e. The zero-order valence-corrected chi connectivity index (χ0v) is 13.3. The first-order valence-corrected chi connectivity index (χ1v) is 8.38. The molecule has 0 amide bonds. The van der Waals surface area contributed by atoms with Gasteiger partial charge < -0.3 is 4.90 Å². The molecule has 2 aliphatic rings. The number of hydrogen-bond acceptors (Lipinski definition) is 3. The van der Waals surface area contributed by atoms with Crippen LogP contribution in [0.2, 0.25) is 5.02 Å². The number of aromatic nitrogens is 1. The Labute approximate surface area is 136 Å². The fraction of sp³-hybridized carbons (Fsp3) is 0.389. The highest BCUT2D eigenvalue weighted by molar-refractivity contribution is 6.30. The van der Waals surface area contributed by atoms with Crippen LogP contribution in [0, 0.1) is 0 Å². The third-order valence-corrected chi connectivity index (χ3v) is 5.05. The Morgan fingerprint density at radius 2 is 1.77 bits per heavy atom. The third kappa shape index (κ3) is 2.71. The predicted octanol–water partition coefficient (Wildman–Crippen LogP) is 3.69. The molecule has 0 spiro atoms. The Morgan fingerprint density at radius 1 is 0.955 bits per heavy atom. The molecule has 3 nitrogen and oxygen atoms in total. The molecule has 0 aliphatic carbocycles. The first kappa shape index (κ1) is 14.0. The summed E-state index contributed by atoms with van der Waals surface area (Å²) in [5, 5.41) is 0.767. The molecule has 4 heteroatoms. The van der Waals surface area contributed by atoms with E-state index >= 15 is 0 Å². The van der Waals surface area contributed by atoms with Crippen LogP contribution in [-0.2, 0) is 0 Å². The van der Waals surface area contributed by atoms with Gasteiger partial charge in [-0.25, -0.2) is 4.98 Å². The molecular weight excluding hydrogens is 294 g/mol. The van der Waals surface area contributed by atoms with Gasteiger partial charge in [0.15, 0.2) is 0 Å². The van der Waals surface area contributed by atoms with E-state index in [1.807, 2.05) is 30.5 Å². The molecule has 1 aromatic heterocycles. The Kier molecular flexibility index (Phi) is 3.77. The lowest BCUT2D eigenvalue weighted by Crippen LogP contribution is -2.56. The fourth-order valence-corrected chi connectivity index (χ4v) is 3.72. The average Bonchev–Trinajstić information content (AvgIpc) is 2.56. The van der Waals surface area contributed by atoms with E-state index in [9.17, 15) is 0 Å². The minimum atomic E-state index is 0.636. The van der Waals surface area contributed by atoms with Crippen molar-refractivity contribution in [2.45, 2.75) is 18.9 Å². The molecule has 2 bridgehead atoms. The van der Waals surface area contributed by atoms with Gasteiger partial charge in [0.25, 0.3) is 0 Å². The van der Waals surface area contributed by atoms with E-state index in [0.29, 0.717) is 6.04 Å². The van der Waals surface area contributed by atoms with E-state index < -0.39 is 0 Å². The smallest absolute Gasteiger partial charge is 0.128 e.